The molecule has 8 nitrogen and oxygen atoms in total. The molecular weight excluding hydrogens is 441 g/mol. The summed E-state index contributed by atoms with van der Waals surface area (Å²) in [6, 6.07) is 8.55. The molecule has 0 heterocycles. The Morgan fingerprint density at radius 3 is 1.93 bits per heavy atom. The van der Waals surface area contributed by atoms with Crippen molar-refractivity contribution in [2.45, 2.75) is 0 Å². The van der Waals surface area contributed by atoms with E-state index in [-0.39, 0.29) is 26.8 Å². The van der Waals surface area contributed by atoms with Crippen LogP contribution >= 0.6 is 35.4 Å². The van der Waals surface area contributed by atoms with Crippen LogP contribution in [0.15, 0.2) is 36.4 Å². The monoisotopic (exact) mass is 455 g/mol. The summed E-state index contributed by atoms with van der Waals surface area (Å²) in [5.41, 5.74) is 5.67. The Balaban J connectivity index is 2.09. The summed E-state index contributed by atoms with van der Waals surface area (Å²) < 4.78 is 9.33. The maximum absolute atomic E-state index is 12.1. The molecule has 152 valence electrons. The zero-order valence-corrected chi connectivity index (χ0v) is 17.5. The number of halogens is 2. The van der Waals surface area contributed by atoms with Crippen molar-refractivity contribution in [3.63, 3.8) is 0 Å². The van der Waals surface area contributed by atoms with Crippen molar-refractivity contribution in [2.24, 2.45) is 0 Å². The van der Waals surface area contributed by atoms with Crippen molar-refractivity contribution in [2.75, 3.05) is 19.5 Å². The van der Waals surface area contributed by atoms with Crippen LogP contribution in [0.25, 0.3) is 0 Å². The number of thiocarbonyl (C=S) groups is 1. The second-order valence-electron chi connectivity index (χ2n) is 5.44. The quantitative estimate of drug-likeness (QED) is 0.366. The van der Waals surface area contributed by atoms with Crippen LogP contribution in [0.5, 0.6) is 0 Å². The minimum absolute atomic E-state index is 0.00348. The fourth-order valence-electron chi connectivity index (χ4n) is 2.16. The van der Waals surface area contributed by atoms with Crippen LogP contribution in [0, 0.1) is 0 Å². The summed E-state index contributed by atoms with van der Waals surface area (Å²) in [5, 5.41) is 3.30. The first-order valence-corrected chi connectivity index (χ1v) is 9.05. The lowest BCUT2D eigenvalue weighted by atomic mass is 10.1. The maximum atomic E-state index is 12.1. The molecule has 0 fully saturated rings. The van der Waals surface area contributed by atoms with Gasteiger partial charge in [0.25, 0.3) is 5.91 Å². The lowest BCUT2D eigenvalue weighted by Crippen LogP contribution is -2.43. The summed E-state index contributed by atoms with van der Waals surface area (Å²) in [6.07, 6.45) is 0. The summed E-state index contributed by atoms with van der Waals surface area (Å²) >= 11 is 16.8. The Labute approximate surface area is 181 Å². The number of carbonyl (C=O) groups excluding carboxylic acids is 3. The van der Waals surface area contributed by atoms with Gasteiger partial charge in [-0.05, 0) is 48.6 Å². The Hall–Kier alpha value is -2.88. The van der Waals surface area contributed by atoms with E-state index in [9.17, 15) is 14.4 Å². The van der Waals surface area contributed by atoms with E-state index in [1.54, 1.807) is 0 Å². The van der Waals surface area contributed by atoms with Crippen molar-refractivity contribution < 1.29 is 23.9 Å². The van der Waals surface area contributed by atoms with Crippen LogP contribution < -0.4 is 16.2 Å². The zero-order chi connectivity index (χ0) is 21.6. The normalized spacial score (nSPS) is 9.93. The predicted octanol–water partition coefficient (Wildman–Crippen LogP) is 3.20. The van der Waals surface area contributed by atoms with Crippen molar-refractivity contribution in [3.8, 4) is 0 Å². The molecule has 2 aromatic rings. The van der Waals surface area contributed by atoms with E-state index in [1.807, 2.05) is 0 Å². The number of amides is 1. The number of hydrazine groups is 1. The van der Waals surface area contributed by atoms with Crippen LogP contribution in [0.2, 0.25) is 10.0 Å². The van der Waals surface area contributed by atoms with Gasteiger partial charge in [-0.2, -0.15) is 0 Å². The van der Waals surface area contributed by atoms with Gasteiger partial charge in [-0.15, -0.1) is 0 Å². The highest BCUT2D eigenvalue weighted by molar-refractivity contribution is 7.80. The number of methoxy groups -OCH3 is 2. The van der Waals surface area contributed by atoms with E-state index in [2.05, 4.69) is 25.6 Å². The van der Waals surface area contributed by atoms with Crippen molar-refractivity contribution in [1.29, 1.82) is 0 Å². The second-order valence-corrected chi connectivity index (χ2v) is 6.67. The average molecular weight is 456 g/mol. The van der Waals surface area contributed by atoms with Gasteiger partial charge in [0.2, 0.25) is 0 Å². The molecule has 11 heteroatoms. The van der Waals surface area contributed by atoms with Gasteiger partial charge in [-0.1, -0.05) is 23.2 Å². The van der Waals surface area contributed by atoms with Gasteiger partial charge in [-0.25, -0.2) is 9.59 Å². The van der Waals surface area contributed by atoms with Gasteiger partial charge < -0.3 is 14.8 Å². The summed E-state index contributed by atoms with van der Waals surface area (Å²) in [6.45, 7) is 0. The highest BCUT2D eigenvalue weighted by Gasteiger charge is 2.15. The molecule has 0 spiro atoms. The number of hydrogen-bond donors (Lipinski definition) is 3. The maximum Gasteiger partial charge on any atom is 0.337 e. The number of nitrogens with one attached hydrogen (secondary N) is 3. The van der Waals surface area contributed by atoms with Gasteiger partial charge in [0.1, 0.15) is 0 Å². The molecule has 2 rings (SSSR count). The number of rotatable bonds is 4. The molecule has 0 bridgehead atoms. The number of ether oxygens (including phenoxy) is 2. The number of hydrogen-bond acceptors (Lipinski definition) is 6. The predicted molar refractivity (Wildman–Crippen MR) is 112 cm³/mol. The van der Waals surface area contributed by atoms with E-state index < -0.39 is 17.8 Å². The molecule has 0 atom stereocenters. The van der Waals surface area contributed by atoms with E-state index in [0.717, 1.165) is 0 Å². The first kappa shape index (κ1) is 22.4. The number of esters is 2. The topological polar surface area (TPSA) is 106 Å². The number of carbonyl (C=O) groups is 3. The second kappa shape index (κ2) is 10.1. The lowest BCUT2D eigenvalue weighted by Gasteiger charge is -2.13. The first-order chi connectivity index (χ1) is 13.7. The SMILES string of the molecule is COC(=O)c1cc(NC(=S)NNC(=O)c2ccc(Cl)c(Cl)c2)cc(C(=O)OC)c1. The largest absolute Gasteiger partial charge is 0.465 e. The Morgan fingerprint density at radius 1 is 0.828 bits per heavy atom. The molecule has 1 amide bonds. The smallest absolute Gasteiger partial charge is 0.337 e. The highest BCUT2D eigenvalue weighted by Crippen LogP contribution is 2.22. The van der Waals surface area contributed by atoms with Crippen LogP contribution in [0.1, 0.15) is 31.1 Å². The van der Waals surface area contributed by atoms with Crippen molar-refractivity contribution in [1.82, 2.24) is 10.9 Å². The van der Waals surface area contributed by atoms with E-state index in [4.69, 9.17) is 35.4 Å². The summed E-state index contributed by atoms with van der Waals surface area (Å²) in [7, 11) is 2.43. The van der Waals surface area contributed by atoms with Crippen LogP contribution in [-0.4, -0.2) is 37.2 Å². The Morgan fingerprint density at radius 2 is 1.41 bits per heavy atom. The summed E-state index contributed by atoms with van der Waals surface area (Å²) in [4.78, 5) is 35.8. The molecule has 3 N–H and O–H groups in total. The molecule has 0 saturated carbocycles. The van der Waals surface area contributed by atoms with Gasteiger partial charge in [-0.3, -0.25) is 15.6 Å². The molecule has 0 unspecified atom stereocenters. The third kappa shape index (κ3) is 6.05. The molecule has 0 saturated heterocycles. The number of anilines is 1. The molecule has 0 aliphatic carbocycles. The zero-order valence-electron chi connectivity index (χ0n) is 15.2. The van der Waals surface area contributed by atoms with Crippen LogP contribution in [0.3, 0.4) is 0 Å². The van der Waals surface area contributed by atoms with E-state index in [0.29, 0.717) is 10.7 Å². The van der Waals surface area contributed by atoms with Gasteiger partial charge in [0.15, 0.2) is 5.11 Å². The third-order valence-corrected chi connectivity index (χ3v) is 4.45. The first-order valence-electron chi connectivity index (χ1n) is 7.89. The summed E-state index contributed by atoms with van der Waals surface area (Å²) in [5.74, 6) is -1.80. The molecule has 29 heavy (non-hydrogen) atoms. The molecule has 0 aliphatic rings. The lowest BCUT2D eigenvalue weighted by molar-refractivity contribution is 0.0599. The Kier molecular flexibility index (Phi) is 7.77. The van der Waals surface area contributed by atoms with E-state index >= 15 is 0 Å². The van der Waals surface area contributed by atoms with Crippen LogP contribution in [-0.2, 0) is 9.47 Å². The molecule has 0 aliphatic heterocycles. The fourth-order valence-corrected chi connectivity index (χ4v) is 2.62. The minimum atomic E-state index is -0.648. The average Bonchev–Trinajstić information content (AvgIpc) is 2.72. The fraction of sp³-hybridized carbons (Fsp3) is 0.111. The molecular formula is C18H15Cl2N3O5S. The van der Waals surface area contributed by atoms with Crippen LogP contribution in [0.4, 0.5) is 5.69 Å². The number of benzene rings is 2. The third-order valence-electron chi connectivity index (χ3n) is 3.50. The molecule has 0 aromatic heterocycles. The highest BCUT2D eigenvalue weighted by atomic mass is 35.5. The van der Waals surface area contributed by atoms with Crippen molar-refractivity contribution >= 4 is 64.1 Å². The Bertz CT molecular complexity index is 950. The van der Waals surface area contributed by atoms with Gasteiger partial charge in [0.05, 0.1) is 35.4 Å². The molecule has 0 radical (unpaired) electrons. The van der Waals surface area contributed by atoms with E-state index in [1.165, 1.54) is 50.6 Å². The standard InChI is InChI=1S/C18H15Cl2N3O5S/c1-27-16(25)10-5-11(17(26)28-2)7-12(6-10)21-18(29)23-22-15(24)9-3-4-13(19)14(20)8-9/h3-8H,1-2H3,(H,22,24)(H2,21,23,29). The minimum Gasteiger partial charge on any atom is -0.465 e. The van der Waals surface area contributed by atoms with Gasteiger partial charge in [0, 0.05) is 11.3 Å². The molecule has 2 aromatic carbocycles. The van der Waals surface area contributed by atoms with Gasteiger partial charge >= 0.3 is 11.9 Å². The van der Waals surface area contributed by atoms with Crippen molar-refractivity contribution in [3.05, 3.63) is 63.1 Å².